The van der Waals surface area contributed by atoms with Gasteiger partial charge in [0.05, 0.1) is 6.42 Å². The highest BCUT2D eigenvalue weighted by atomic mass is 16.4. The molecule has 4 heteroatoms. The molecule has 1 N–H and O–H groups in total. The van der Waals surface area contributed by atoms with Crippen LogP contribution in [-0.2, 0) is 18.3 Å². The number of imidazole rings is 1. The average Bonchev–Trinajstić information content (AvgIpc) is 2.43. The van der Waals surface area contributed by atoms with Crippen LogP contribution in [0.4, 0.5) is 0 Å². The molecule has 1 aromatic rings. The van der Waals surface area contributed by atoms with Crippen LogP contribution in [0.25, 0.3) is 0 Å². The number of hydrogen-bond acceptors (Lipinski definition) is 2. The predicted octanol–water partition coefficient (Wildman–Crippen LogP) is 1.56. The van der Waals surface area contributed by atoms with Gasteiger partial charge in [-0.1, -0.05) is 13.8 Å². The van der Waals surface area contributed by atoms with E-state index in [0.29, 0.717) is 12.3 Å². The van der Waals surface area contributed by atoms with Gasteiger partial charge in [0.15, 0.2) is 0 Å². The first-order valence-electron chi connectivity index (χ1n) is 4.74. The second kappa shape index (κ2) is 4.26. The predicted molar refractivity (Wildman–Crippen MR) is 53.3 cm³/mol. The van der Waals surface area contributed by atoms with Gasteiger partial charge in [-0.2, -0.15) is 0 Å². The molecule has 0 fully saturated rings. The van der Waals surface area contributed by atoms with Crippen LogP contribution in [0.2, 0.25) is 0 Å². The molecule has 0 unspecified atom stereocenters. The third-order valence-corrected chi connectivity index (χ3v) is 2.27. The molecule has 0 atom stereocenters. The van der Waals surface area contributed by atoms with E-state index >= 15 is 0 Å². The fraction of sp³-hybridized carbons (Fsp3) is 0.600. The number of carboxylic acid groups (broad SMARTS) is 1. The van der Waals surface area contributed by atoms with Gasteiger partial charge in [-0.3, -0.25) is 4.79 Å². The lowest BCUT2D eigenvalue weighted by Crippen LogP contribution is -2.06. The maximum atomic E-state index is 10.4. The van der Waals surface area contributed by atoms with Crippen molar-refractivity contribution in [3.63, 3.8) is 0 Å². The Kier molecular flexibility index (Phi) is 3.28. The number of aryl methyl sites for hydroxylation is 1. The number of aliphatic carboxylic acids is 1. The largest absolute Gasteiger partial charge is 0.481 e. The lowest BCUT2D eigenvalue weighted by molar-refractivity contribution is -0.137. The normalized spacial score (nSPS) is 10.9. The monoisotopic (exact) mass is 196 g/mol. The number of rotatable bonds is 4. The Morgan fingerprint density at radius 1 is 1.64 bits per heavy atom. The second-order valence-corrected chi connectivity index (χ2v) is 3.71. The molecule has 0 aromatic carbocycles. The fourth-order valence-electron chi connectivity index (χ4n) is 1.45. The third kappa shape index (κ3) is 2.34. The summed E-state index contributed by atoms with van der Waals surface area (Å²) in [5.41, 5.74) is 1.14. The summed E-state index contributed by atoms with van der Waals surface area (Å²) in [6.07, 6.45) is 2.46. The van der Waals surface area contributed by atoms with E-state index in [0.717, 1.165) is 11.5 Å². The lowest BCUT2D eigenvalue weighted by Gasteiger charge is -2.07. The zero-order valence-electron chi connectivity index (χ0n) is 8.82. The maximum Gasteiger partial charge on any atom is 0.303 e. The quantitative estimate of drug-likeness (QED) is 0.795. The smallest absolute Gasteiger partial charge is 0.303 e. The molecule has 0 radical (unpaired) electrons. The van der Waals surface area contributed by atoms with Crippen LogP contribution in [0.15, 0.2) is 6.20 Å². The molecule has 1 heterocycles. The second-order valence-electron chi connectivity index (χ2n) is 3.71. The van der Waals surface area contributed by atoms with Gasteiger partial charge in [0.25, 0.3) is 0 Å². The Labute approximate surface area is 83.6 Å². The molecule has 0 saturated carbocycles. The Balaban J connectivity index is 2.74. The van der Waals surface area contributed by atoms with E-state index in [-0.39, 0.29) is 6.42 Å². The maximum absolute atomic E-state index is 10.4. The Morgan fingerprint density at radius 3 is 2.71 bits per heavy atom. The minimum atomic E-state index is -0.779. The van der Waals surface area contributed by atoms with Crippen LogP contribution >= 0.6 is 0 Å². The number of aromatic nitrogens is 2. The van der Waals surface area contributed by atoms with Crippen molar-refractivity contribution >= 4 is 5.97 Å². The van der Waals surface area contributed by atoms with Crippen molar-refractivity contribution in [2.45, 2.75) is 32.6 Å². The van der Waals surface area contributed by atoms with Gasteiger partial charge < -0.3 is 9.67 Å². The van der Waals surface area contributed by atoms with Crippen LogP contribution in [0.1, 0.15) is 37.7 Å². The molecule has 0 aliphatic heterocycles. The Hall–Kier alpha value is -1.32. The minimum Gasteiger partial charge on any atom is -0.481 e. The van der Waals surface area contributed by atoms with Gasteiger partial charge in [-0.15, -0.1) is 0 Å². The molecular weight excluding hydrogens is 180 g/mol. The van der Waals surface area contributed by atoms with Crippen LogP contribution in [-0.4, -0.2) is 20.6 Å². The van der Waals surface area contributed by atoms with Crippen molar-refractivity contribution < 1.29 is 9.90 Å². The third-order valence-electron chi connectivity index (χ3n) is 2.27. The summed E-state index contributed by atoms with van der Waals surface area (Å²) in [6.45, 7) is 4.19. The summed E-state index contributed by atoms with van der Waals surface area (Å²) in [6, 6.07) is 0. The van der Waals surface area contributed by atoms with Crippen LogP contribution in [0.5, 0.6) is 0 Å². The van der Waals surface area contributed by atoms with E-state index in [1.165, 1.54) is 0 Å². The topological polar surface area (TPSA) is 55.1 Å². The molecular formula is C10H16N2O2. The first-order valence-corrected chi connectivity index (χ1v) is 4.74. The van der Waals surface area contributed by atoms with E-state index in [1.54, 1.807) is 0 Å². The van der Waals surface area contributed by atoms with Gasteiger partial charge in [-0.25, -0.2) is 4.98 Å². The average molecular weight is 196 g/mol. The molecule has 0 bridgehead atoms. The van der Waals surface area contributed by atoms with Gasteiger partial charge in [-0.05, 0) is 5.92 Å². The molecule has 14 heavy (non-hydrogen) atoms. The molecule has 0 saturated heterocycles. The van der Waals surface area contributed by atoms with E-state index in [2.05, 4.69) is 18.8 Å². The number of carboxylic acids is 1. The molecule has 0 aliphatic rings. The first kappa shape index (κ1) is 10.8. The van der Waals surface area contributed by atoms with E-state index in [4.69, 9.17) is 5.11 Å². The minimum absolute atomic E-state index is 0.141. The van der Waals surface area contributed by atoms with E-state index in [1.807, 2.05) is 17.8 Å². The van der Waals surface area contributed by atoms with Gasteiger partial charge in [0.2, 0.25) is 0 Å². The van der Waals surface area contributed by atoms with Crippen molar-refractivity contribution in [2.75, 3.05) is 0 Å². The molecule has 0 aliphatic carbocycles. The van der Waals surface area contributed by atoms with Gasteiger partial charge >= 0.3 is 5.97 Å². The Morgan fingerprint density at radius 2 is 2.29 bits per heavy atom. The number of nitrogens with zero attached hydrogens (tertiary/aromatic N) is 2. The molecule has 4 nitrogen and oxygen atoms in total. The number of hydrogen-bond donors (Lipinski definition) is 1. The summed E-state index contributed by atoms with van der Waals surface area (Å²) < 4.78 is 1.98. The first-order chi connectivity index (χ1) is 6.52. The summed E-state index contributed by atoms with van der Waals surface area (Å²) in [4.78, 5) is 14.6. The van der Waals surface area contributed by atoms with Gasteiger partial charge in [0.1, 0.15) is 5.82 Å². The molecule has 1 aromatic heterocycles. The van der Waals surface area contributed by atoms with Crippen molar-refractivity contribution in [1.82, 2.24) is 9.55 Å². The van der Waals surface area contributed by atoms with Crippen LogP contribution in [0.3, 0.4) is 0 Å². The zero-order valence-corrected chi connectivity index (χ0v) is 8.82. The summed E-state index contributed by atoms with van der Waals surface area (Å²) in [5.74, 6) is 0.487. The standard InChI is InChI=1S/C10H16N2O2/c1-7(2)8-6-11-9(12(8)3)4-5-10(13)14/h6-7H,4-5H2,1-3H3,(H,13,14). The zero-order chi connectivity index (χ0) is 10.7. The highest BCUT2D eigenvalue weighted by Crippen LogP contribution is 2.15. The summed E-state index contributed by atoms with van der Waals surface area (Å²) in [7, 11) is 1.93. The highest BCUT2D eigenvalue weighted by Gasteiger charge is 2.10. The summed E-state index contributed by atoms with van der Waals surface area (Å²) >= 11 is 0. The molecule has 1 rings (SSSR count). The van der Waals surface area contributed by atoms with Crippen molar-refractivity contribution in [2.24, 2.45) is 7.05 Å². The van der Waals surface area contributed by atoms with Crippen LogP contribution < -0.4 is 0 Å². The van der Waals surface area contributed by atoms with Gasteiger partial charge in [0, 0.05) is 25.4 Å². The number of carbonyl (C=O) groups is 1. The van der Waals surface area contributed by atoms with Crippen LogP contribution in [0, 0.1) is 0 Å². The van der Waals surface area contributed by atoms with Crippen molar-refractivity contribution in [1.29, 1.82) is 0 Å². The highest BCUT2D eigenvalue weighted by molar-refractivity contribution is 5.66. The molecule has 0 amide bonds. The fourth-order valence-corrected chi connectivity index (χ4v) is 1.45. The van der Waals surface area contributed by atoms with Crippen molar-refractivity contribution in [3.8, 4) is 0 Å². The Bertz CT molecular complexity index is 329. The van der Waals surface area contributed by atoms with E-state index < -0.39 is 5.97 Å². The lowest BCUT2D eigenvalue weighted by atomic mass is 10.1. The SMILES string of the molecule is CC(C)c1cnc(CCC(=O)O)n1C. The van der Waals surface area contributed by atoms with Crippen molar-refractivity contribution in [3.05, 3.63) is 17.7 Å². The van der Waals surface area contributed by atoms with E-state index in [9.17, 15) is 4.79 Å². The molecule has 78 valence electrons. The summed E-state index contributed by atoms with van der Waals surface area (Å²) in [5, 5.41) is 8.54. The molecule has 0 spiro atoms.